The number of carbonyl (C=O) groups is 1. The third kappa shape index (κ3) is 5.79. The molecule has 1 fully saturated rings. The molecule has 1 aliphatic heterocycles. The van der Waals surface area contributed by atoms with Crippen molar-refractivity contribution in [1.82, 2.24) is 10.2 Å². The van der Waals surface area contributed by atoms with Gasteiger partial charge in [-0.05, 0) is 30.7 Å². The first-order valence-corrected chi connectivity index (χ1v) is 9.64. The first-order chi connectivity index (χ1) is 13.6. The molecule has 0 spiro atoms. The summed E-state index contributed by atoms with van der Waals surface area (Å²) < 4.78 is 0. The lowest BCUT2D eigenvalue weighted by atomic mass is 10.1. The van der Waals surface area contributed by atoms with Crippen molar-refractivity contribution in [2.45, 2.75) is 12.8 Å². The average molecular weight is 382 g/mol. The summed E-state index contributed by atoms with van der Waals surface area (Å²) in [6, 6.07) is 16.6. The van der Waals surface area contributed by atoms with Gasteiger partial charge in [0.05, 0.1) is 11.3 Å². The normalized spacial score (nSPS) is 14.6. The van der Waals surface area contributed by atoms with Gasteiger partial charge in [0.25, 0.3) is 5.69 Å². The maximum atomic E-state index is 12.0. The molecule has 0 radical (unpaired) electrons. The van der Waals surface area contributed by atoms with Gasteiger partial charge in [-0.2, -0.15) is 0 Å². The Hall–Kier alpha value is -2.93. The van der Waals surface area contributed by atoms with Crippen LogP contribution in [0, 0.1) is 10.1 Å². The Labute approximate surface area is 165 Å². The van der Waals surface area contributed by atoms with E-state index >= 15 is 0 Å². The van der Waals surface area contributed by atoms with Gasteiger partial charge in [-0.15, -0.1) is 0 Å². The molecule has 1 aliphatic rings. The van der Waals surface area contributed by atoms with Crippen LogP contribution in [0.1, 0.15) is 12.0 Å². The Morgan fingerprint density at radius 1 is 1.00 bits per heavy atom. The van der Waals surface area contributed by atoms with Crippen LogP contribution in [0.5, 0.6) is 0 Å². The van der Waals surface area contributed by atoms with Gasteiger partial charge in [-0.25, -0.2) is 0 Å². The molecule has 1 saturated heterocycles. The van der Waals surface area contributed by atoms with Crippen molar-refractivity contribution in [2.75, 3.05) is 44.2 Å². The third-order valence-corrected chi connectivity index (χ3v) is 4.98. The predicted molar refractivity (Wildman–Crippen MR) is 110 cm³/mol. The topological polar surface area (TPSA) is 78.7 Å². The molecule has 7 heteroatoms. The molecule has 0 bridgehead atoms. The summed E-state index contributed by atoms with van der Waals surface area (Å²) in [6.45, 7) is 5.73. The van der Waals surface area contributed by atoms with Gasteiger partial charge < -0.3 is 10.2 Å². The van der Waals surface area contributed by atoms with Gasteiger partial charge in [-0.3, -0.25) is 19.8 Å². The fourth-order valence-electron chi connectivity index (χ4n) is 3.38. The van der Waals surface area contributed by atoms with E-state index in [0.29, 0.717) is 6.54 Å². The monoisotopic (exact) mass is 382 g/mol. The third-order valence-electron chi connectivity index (χ3n) is 4.98. The quantitative estimate of drug-likeness (QED) is 0.431. The van der Waals surface area contributed by atoms with Crippen LogP contribution in [0.3, 0.4) is 0 Å². The van der Waals surface area contributed by atoms with Gasteiger partial charge in [0.15, 0.2) is 0 Å². The standard InChI is InChI=1S/C21H26N4O3/c26-21(17-18-7-9-20(10-8-18)25(27)28)22-11-4-12-23-13-15-24(16-14-23)19-5-2-1-3-6-19/h1-3,5-10H,4,11-17H2,(H,22,26). The van der Waals surface area contributed by atoms with Gasteiger partial charge >= 0.3 is 0 Å². The van der Waals surface area contributed by atoms with Gasteiger partial charge in [0, 0.05) is 50.5 Å². The van der Waals surface area contributed by atoms with Crippen molar-refractivity contribution in [2.24, 2.45) is 0 Å². The van der Waals surface area contributed by atoms with Crippen LogP contribution in [0.25, 0.3) is 0 Å². The van der Waals surface area contributed by atoms with E-state index in [-0.39, 0.29) is 18.0 Å². The number of hydrogen-bond donors (Lipinski definition) is 1. The number of benzene rings is 2. The number of nitrogens with one attached hydrogen (secondary N) is 1. The van der Waals surface area contributed by atoms with E-state index in [1.165, 1.54) is 17.8 Å². The van der Waals surface area contributed by atoms with Crippen molar-refractivity contribution in [1.29, 1.82) is 0 Å². The van der Waals surface area contributed by atoms with Crippen LogP contribution in [-0.2, 0) is 11.2 Å². The van der Waals surface area contributed by atoms with Gasteiger partial charge in [0.2, 0.25) is 5.91 Å². The number of anilines is 1. The maximum Gasteiger partial charge on any atom is 0.269 e. The van der Waals surface area contributed by atoms with E-state index in [1.807, 2.05) is 6.07 Å². The first-order valence-electron chi connectivity index (χ1n) is 9.64. The molecule has 2 aromatic rings. The highest BCUT2D eigenvalue weighted by Gasteiger charge is 2.16. The molecule has 0 aromatic heterocycles. The predicted octanol–water partition coefficient (Wildman–Crippen LogP) is 2.47. The summed E-state index contributed by atoms with van der Waals surface area (Å²) in [4.78, 5) is 27.1. The smallest absolute Gasteiger partial charge is 0.269 e. The first kappa shape index (κ1) is 19.8. The molecule has 2 aromatic carbocycles. The zero-order valence-electron chi connectivity index (χ0n) is 15.9. The summed E-state index contributed by atoms with van der Waals surface area (Å²) in [5, 5.41) is 13.6. The molecule has 28 heavy (non-hydrogen) atoms. The summed E-state index contributed by atoms with van der Waals surface area (Å²) in [7, 11) is 0. The molecular weight excluding hydrogens is 356 g/mol. The van der Waals surface area contributed by atoms with Gasteiger partial charge in [-0.1, -0.05) is 30.3 Å². The summed E-state index contributed by atoms with van der Waals surface area (Å²) in [6.07, 6.45) is 1.16. The van der Waals surface area contributed by atoms with E-state index in [2.05, 4.69) is 39.4 Å². The maximum absolute atomic E-state index is 12.0. The number of hydrogen-bond acceptors (Lipinski definition) is 5. The Morgan fingerprint density at radius 2 is 1.68 bits per heavy atom. The summed E-state index contributed by atoms with van der Waals surface area (Å²) >= 11 is 0. The molecule has 3 rings (SSSR count). The van der Waals surface area contributed by atoms with E-state index in [1.54, 1.807) is 12.1 Å². The second kappa shape index (κ2) is 9.85. The largest absolute Gasteiger partial charge is 0.369 e. The van der Waals surface area contributed by atoms with Crippen LogP contribution in [-0.4, -0.2) is 55.0 Å². The molecule has 1 heterocycles. The molecular formula is C21H26N4O3. The van der Waals surface area contributed by atoms with Crippen molar-refractivity contribution in [3.63, 3.8) is 0 Å². The molecule has 0 aliphatic carbocycles. The van der Waals surface area contributed by atoms with Gasteiger partial charge in [0.1, 0.15) is 0 Å². The molecule has 7 nitrogen and oxygen atoms in total. The fourth-order valence-corrected chi connectivity index (χ4v) is 3.38. The Kier molecular flexibility index (Phi) is 6.97. The van der Waals surface area contributed by atoms with Crippen molar-refractivity contribution >= 4 is 17.3 Å². The second-order valence-electron chi connectivity index (χ2n) is 6.97. The number of rotatable bonds is 8. The van der Waals surface area contributed by atoms with Crippen LogP contribution in [0.4, 0.5) is 11.4 Å². The molecule has 1 amide bonds. The molecule has 0 atom stereocenters. The van der Waals surface area contributed by atoms with Crippen molar-refractivity contribution in [3.05, 3.63) is 70.3 Å². The Balaban J connectivity index is 1.30. The van der Waals surface area contributed by atoms with E-state index in [0.717, 1.165) is 44.7 Å². The molecule has 0 unspecified atom stereocenters. The molecule has 1 N–H and O–H groups in total. The number of non-ortho nitro benzene ring substituents is 1. The van der Waals surface area contributed by atoms with E-state index < -0.39 is 4.92 Å². The Morgan fingerprint density at radius 3 is 2.32 bits per heavy atom. The molecule has 148 valence electrons. The van der Waals surface area contributed by atoms with E-state index in [9.17, 15) is 14.9 Å². The lowest BCUT2D eigenvalue weighted by Gasteiger charge is -2.36. The van der Waals surface area contributed by atoms with E-state index in [4.69, 9.17) is 0 Å². The number of para-hydroxylation sites is 1. The van der Waals surface area contributed by atoms with Crippen LogP contribution in [0.15, 0.2) is 54.6 Å². The number of nitro groups is 1. The number of piperazine rings is 1. The number of carbonyl (C=O) groups excluding carboxylic acids is 1. The van der Waals surface area contributed by atoms with Crippen LogP contribution >= 0.6 is 0 Å². The number of nitrogens with zero attached hydrogens (tertiary/aromatic N) is 3. The number of amides is 1. The lowest BCUT2D eigenvalue weighted by Crippen LogP contribution is -2.47. The number of nitro benzene ring substituents is 1. The highest BCUT2D eigenvalue weighted by molar-refractivity contribution is 5.78. The Bertz CT molecular complexity index is 772. The highest BCUT2D eigenvalue weighted by Crippen LogP contribution is 2.15. The minimum absolute atomic E-state index is 0.0384. The zero-order chi connectivity index (χ0) is 19.8. The minimum atomic E-state index is -0.441. The summed E-state index contributed by atoms with van der Waals surface area (Å²) in [5.74, 6) is -0.0530. The lowest BCUT2D eigenvalue weighted by molar-refractivity contribution is -0.384. The SMILES string of the molecule is O=C(Cc1ccc([N+](=O)[O-])cc1)NCCCN1CCN(c2ccccc2)CC1. The minimum Gasteiger partial charge on any atom is -0.369 e. The highest BCUT2D eigenvalue weighted by atomic mass is 16.6. The molecule has 0 saturated carbocycles. The zero-order valence-corrected chi connectivity index (χ0v) is 15.9. The fraction of sp³-hybridized carbons (Fsp3) is 0.381. The van der Waals surface area contributed by atoms with Crippen LogP contribution in [0.2, 0.25) is 0 Å². The second-order valence-corrected chi connectivity index (χ2v) is 6.97. The average Bonchev–Trinajstić information content (AvgIpc) is 2.73. The van der Waals surface area contributed by atoms with Crippen molar-refractivity contribution < 1.29 is 9.72 Å². The summed E-state index contributed by atoms with van der Waals surface area (Å²) in [5.41, 5.74) is 2.09. The van der Waals surface area contributed by atoms with Crippen molar-refractivity contribution in [3.8, 4) is 0 Å². The van der Waals surface area contributed by atoms with Crippen LogP contribution < -0.4 is 10.2 Å².